The predicted octanol–water partition coefficient (Wildman–Crippen LogP) is 11.3. The Labute approximate surface area is 386 Å². The van der Waals surface area contributed by atoms with Crippen LogP contribution in [-0.4, -0.2) is 83.2 Å². The van der Waals surface area contributed by atoms with Gasteiger partial charge >= 0.3 is 35.0 Å². The van der Waals surface area contributed by atoms with Crippen molar-refractivity contribution in [2.45, 2.75) is 219 Å². The van der Waals surface area contributed by atoms with E-state index in [1.807, 2.05) is 0 Å². The van der Waals surface area contributed by atoms with Gasteiger partial charge in [0.25, 0.3) is 0 Å². The predicted molar refractivity (Wildman–Crippen MR) is 250 cm³/mol. The summed E-state index contributed by atoms with van der Waals surface area (Å²) < 4.78 is 10.4. The molecular formula is C48H86MgO8S2. The van der Waals surface area contributed by atoms with Crippen LogP contribution in [0.25, 0.3) is 0 Å². The second-order valence-electron chi connectivity index (χ2n) is 15.3. The molecule has 0 rings (SSSR count). The van der Waals surface area contributed by atoms with Crippen molar-refractivity contribution in [2.24, 2.45) is 0 Å². The molecule has 0 aliphatic carbocycles. The fourth-order valence-corrected chi connectivity index (χ4v) is 7.69. The van der Waals surface area contributed by atoms with Gasteiger partial charge in [-0.15, -0.1) is 0 Å². The van der Waals surface area contributed by atoms with Gasteiger partial charge in [0.05, 0.1) is 26.1 Å². The zero-order valence-electron chi connectivity index (χ0n) is 38.0. The van der Waals surface area contributed by atoms with Crippen molar-refractivity contribution >= 4 is 70.5 Å². The van der Waals surface area contributed by atoms with E-state index in [4.69, 9.17) is 9.47 Å². The minimum atomic E-state index is -1.04. The molecule has 0 saturated carbocycles. The summed E-state index contributed by atoms with van der Waals surface area (Å²) in [5.41, 5.74) is 0. The van der Waals surface area contributed by atoms with Crippen LogP contribution >= 0.6 is 23.5 Å². The third kappa shape index (κ3) is 61.2. The molecule has 0 aromatic heterocycles. The summed E-state index contributed by atoms with van der Waals surface area (Å²) in [6.07, 6.45) is 45.6. The summed E-state index contributed by atoms with van der Waals surface area (Å²) in [5.74, 6) is -0.244. The van der Waals surface area contributed by atoms with E-state index in [1.165, 1.54) is 178 Å². The minimum absolute atomic E-state index is 0. The van der Waals surface area contributed by atoms with Gasteiger partial charge in [0.1, 0.15) is 0 Å². The summed E-state index contributed by atoms with van der Waals surface area (Å²) in [7, 11) is 0. The molecule has 0 fully saturated rings. The number of unbranched alkanes of at least 4 members (excludes halogenated alkanes) is 24. The molecule has 0 atom stereocenters. The van der Waals surface area contributed by atoms with E-state index in [-0.39, 0.29) is 47.8 Å². The van der Waals surface area contributed by atoms with E-state index >= 15 is 0 Å². The number of hydrogen-bond acceptors (Lipinski definition) is 10. The summed E-state index contributed by atoms with van der Waals surface area (Å²) >= 11 is 2.90. The van der Waals surface area contributed by atoms with E-state index in [0.717, 1.165) is 25.7 Å². The van der Waals surface area contributed by atoms with Gasteiger partial charge in [0, 0.05) is 23.4 Å². The van der Waals surface area contributed by atoms with Crippen LogP contribution in [0.15, 0.2) is 24.3 Å². The summed E-state index contributed by atoms with van der Waals surface area (Å²) in [4.78, 5) is 43.6. The van der Waals surface area contributed by atoms with E-state index in [2.05, 4.69) is 38.2 Å². The number of allylic oxidation sites excluding steroid dienone is 4. The van der Waals surface area contributed by atoms with E-state index in [1.54, 1.807) is 0 Å². The van der Waals surface area contributed by atoms with Crippen LogP contribution < -0.4 is 10.2 Å². The maximum atomic E-state index is 11.5. The van der Waals surface area contributed by atoms with Crippen LogP contribution in [0.4, 0.5) is 0 Å². The van der Waals surface area contributed by atoms with Gasteiger partial charge in [-0.1, -0.05) is 154 Å². The molecule has 8 nitrogen and oxygen atoms in total. The molecule has 0 aliphatic heterocycles. The Morgan fingerprint density at radius 3 is 0.932 bits per heavy atom. The average molecular weight is 880 g/mol. The topological polar surface area (TPSA) is 133 Å². The molecule has 0 N–H and O–H groups in total. The molecule has 340 valence electrons. The second kappa shape index (κ2) is 54.8. The molecule has 0 aromatic carbocycles. The van der Waals surface area contributed by atoms with Gasteiger partial charge in [-0.2, -0.15) is 23.5 Å². The molecule has 0 amide bonds. The third-order valence-corrected chi connectivity index (χ3v) is 11.6. The van der Waals surface area contributed by atoms with Crippen molar-refractivity contribution in [1.29, 1.82) is 0 Å². The van der Waals surface area contributed by atoms with Crippen LogP contribution in [-0.2, 0) is 28.7 Å². The first-order valence-corrected chi connectivity index (χ1v) is 25.8. The number of carboxylic acids is 2. The van der Waals surface area contributed by atoms with Crippen LogP contribution in [0, 0.1) is 0 Å². The largest absolute Gasteiger partial charge is 2.00 e. The molecule has 0 unspecified atom stereocenters. The number of esters is 2. The SMILES string of the molecule is CCCCCCCCC=CCCCCCCCCOC(=O)CCSCCC(=O)[O-].CCCCCCCCC=CCCCCCCCCOC(=O)CCSCCC(=O)[O-].[Mg+2]. The number of carbonyl (C=O) groups excluding carboxylic acids is 4. The zero-order valence-corrected chi connectivity index (χ0v) is 41.0. The van der Waals surface area contributed by atoms with Crippen LogP contribution in [0.5, 0.6) is 0 Å². The molecule has 0 bridgehead atoms. The van der Waals surface area contributed by atoms with E-state index in [9.17, 15) is 29.4 Å². The number of thioether (sulfide) groups is 2. The number of aliphatic carboxylic acids is 2. The Morgan fingerprint density at radius 1 is 0.390 bits per heavy atom. The second-order valence-corrected chi connectivity index (χ2v) is 17.7. The Morgan fingerprint density at radius 2 is 0.644 bits per heavy atom. The minimum Gasteiger partial charge on any atom is -0.550 e. The molecule has 0 aromatic rings. The average Bonchev–Trinajstić information content (AvgIpc) is 3.20. The van der Waals surface area contributed by atoms with Crippen molar-refractivity contribution < 1.29 is 38.9 Å². The van der Waals surface area contributed by atoms with Gasteiger partial charge in [0.2, 0.25) is 0 Å². The summed E-state index contributed by atoms with van der Waals surface area (Å²) in [6, 6.07) is 0. The maximum absolute atomic E-state index is 11.5. The molecule has 0 radical (unpaired) electrons. The monoisotopic (exact) mass is 879 g/mol. The number of rotatable bonds is 44. The van der Waals surface area contributed by atoms with E-state index < -0.39 is 11.9 Å². The first-order valence-electron chi connectivity index (χ1n) is 23.5. The standard InChI is InChI=1S/2C24H44O4S.Mg/c2*1-2-3-4-5-6-7-8-9-10-11-12-13-14-15-16-17-20-28-24(27)19-22-29-21-18-23(25)26;/h2*9-10H,2-8,11-22H2,1H3,(H,25,26);/q;;+2/p-2. The van der Waals surface area contributed by atoms with Gasteiger partial charge in [-0.05, 0) is 88.6 Å². The first-order chi connectivity index (χ1) is 28.3. The molecule has 59 heavy (non-hydrogen) atoms. The summed E-state index contributed by atoms with van der Waals surface area (Å²) in [6.45, 7) is 5.53. The third-order valence-electron chi connectivity index (χ3n) is 9.64. The Kier molecular flexibility index (Phi) is 57.7. The Bertz CT molecular complexity index is 903. The molecule has 0 saturated heterocycles. The number of carbonyl (C=O) groups is 4. The molecule has 0 spiro atoms. The van der Waals surface area contributed by atoms with Gasteiger partial charge in [-0.25, -0.2) is 0 Å². The van der Waals surface area contributed by atoms with Crippen molar-refractivity contribution in [3.63, 3.8) is 0 Å². The first kappa shape index (κ1) is 62.1. The van der Waals surface area contributed by atoms with Crippen LogP contribution in [0.2, 0.25) is 0 Å². The van der Waals surface area contributed by atoms with Gasteiger partial charge in [0.15, 0.2) is 0 Å². The zero-order chi connectivity index (χ0) is 42.8. The molecule has 0 aliphatic rings. The maximum Gasteiger partial charge on any atom is 2.00 e. The Hall–Kier alpha value is -1.17. The van der Waals surface area contributed by atoms with Gasteiger partial charge < -0.3 is 29.3 Å². The van der Waals surface area contributed by atoms with Gasteiger partial charge in [-0.3, -0.25) is 9.59 Å². The normalized spacial score (nSPS) is 11.0. The fraction of sp³-hybridized carbons (Fsp3) is 0.833. The van der Waals surface area contributed by atoms with Crippen molar-refractivity contribution in [3.8, 4) is 0 Å². The molecular weight excluding hydrogens is 793 g/mol. The molecule has 11 heteroatoms. The van der Waals surface area contributed by atoms with Crippen molar-refractivity contribution in [1.82, 2.24) is 0 Å². The Balaban J connectivity index is -0.00000105. The number of ether oxygens (including phenoxy) is 2. The van der Waals surface area contributed by atoms with Crippen LogP contribution in [0.3, 0.4) is 0 Å². The van der Waals surface area contributed by atoms with E-state index in [0.29, 0.717) is 49.1 Å². The fourth-order valence-electron chi connectivity index (χ4n) is 6.04. The summed E-state index contributed by atoms with van der Waals surface area (Å²) in [5, 5.41) is 20.5. The van der Waals surface area contributed by atoms with Crippen molar-refractivity contribution in [2.75, 3.05) is 36.2 Å². The quantitative estimate of drug-likeness (QED) is 0.0252. The van der Waals surface area contributed by atoms with Crippen molar-refractivity contribution in [3.05, 3.63) is 24.3 Å². The van der Waals surface area contributed by atoms with Crippen LogP contribution in [0.1, 0.15) is 219 Å². The number of hydrogen-bond donors (Lipinski definition) is 0. The smallest absolute Gasteiger partial charge is 0.550 e. The molecule has 0 heterocycles. The number of carboxylic acid groups (broad SMARTS) is 2.